The third-order valence-electron chi connectivity index (χ3n) is 2.49. The van der Waals surface area contributed by atoms with E-state index >= 15 is 0 Å². The Labute approximate surface area is 82.7 Å². The van der Waals surface area contributed by atoms with Gasteiger partial charge in [-0.1, -0.05) is 6.42 Å². The smallest absolute Gasteiger partial charge is 0.211 e. The fourth-order valence-corrected chi connectivity index (χ4v) is 1.67. The average Bonchev–Trinajstić information content (AvgIpc) is 2.68. The van der Waals surface area contributed by atoms with Crippen LogP contribution in [0.2, 0.25) is 0 Å². The van der Waals surface area contributed by atoms with Crippen LogP contribution in [0.3, 0.4) is 0 Å². The van der Waals surface area contributed by atoms with Gasteiger partial charge in [-0.3, -0.25) is 4.79 Å². The molecule has 2 rings (SSSR count). The van der Waals surface area contributed by atoms with Gasteiger partial charge in [-0.2, -0.15) is 0 Å². The molecule has 76 valence electrons. The number of ketones is 1. The van der Waals surface area contributed by atoms with E-state index in [4.69, 9.17) is 4.42 Å². The van der Waals surface area contributed by atoms with E-state index in [-0.39, 0.29) is 11.8 Å². The van der Waals surface area contributed by atoms with E-state index in [1.165, 1.54) is 26.0 Å². The number of hydrogen-bond acceptors (Lipinski definition) is 4. The second kappa shape index (κ2) is 3.92. The summed E-state index contributed by atoms with van der Waals surface area (Å²) >= 11 is 0. The molecule has 1 N–H and O–H groups in total. The molecule has 0 aromatic carbocycles. The summed E-state index contributed by atoms with van der Waals surface area (Å²) in [5, 5.41) is 3.32. The van der Waals surface area contributed by atoms with E-state index in [0.29, 0.717) is 11.6 Å². The van der Waals surface area contributed by atoms with Crippen LogP contribution in [0.15, 0.2) is 10.7 Å². The Morgan fingerprint density at radius 2 is 2.50 bits per heavy atom. The summed E-state index contributed by atoms with van der Waals surface area (Å²) in [6.45, 7) is 2.50. The van der Waals surface area contributed by atoms with Crippen LogP contribution in [0, 0.1) is 0 Å². The van der Waals surface area contributed by atoms with E-state index in [1.807, 2.05) is 0 Å². The zero-order valence-corrected chi connectivity index (χ0v) is 8.25. The molecule has 0 amide bonds. The monoisotopic (exact) mass is 194 g/mol. The SMILES string of the molecule is CC(=O)c1coc(C2CCCCN2)n1. The van der Waals surface area contributed by atoms with Crippen LogP contribution in [-0.2, 0) is 0 Å². The lowest BCUT2D eigenvalue weighted by Gasteiger charge is -2.19. The summed E-state index contributed by atoms with van der Waals surface area (Å²) in [5.41, 5.74) is 0.423. The van der Waals surface area contributed by atoms with E-state index in [9.17, 15) is 4.79 Å². The number of nitrogens with one attached hydrogen (secondary N) is 1. The summed E-state index contributed by atoms with van der Waals surface area (Å²) in [6.07, 6.45) is 4.87. The predicted molar refractivity (Wildman–Crippen MR) is 51.1 cm³/mol. The molecule has 1 unspecified atom stereocenters. The highest BCUT2D eigenvalue weighted by atomic mass is 16.3. The molecular weight excluding hydrogens is 180 g/mol. The van der Waals surface area contributed by atoms with Crippen molar-refractivity contribution in [1.82, 2.24) is 10.3 Å². The summed E-state index contributed by atoms with van der Waals surface area (Å²) in [6, 6.07) is 0.192. The predicted octanol–water partition coefficient (Wildman–Crippen LogP) is 1.69. The highest BCUT2D eigenvalue weighted by Gasteiger charge is 2.20. The van der Waals surface area contributed by atoms with Gasteiger partial charge in [-0.05, 0) is 19.4 Å². The highest BCUT2D eigenvalue weighted by Crippen LogP contribution is 2.22. The first-order valence-corrected chi connectivity index (χ1v) is 4.97. The fraction of sp³-hybridized carbons (Fsp3) is 0.600. The Balaban J connectivity index is 2.11. The first-order chi connectivity index (χ1) is 6.77. The minimum absolute atomic E-state index is 0.0455. The number of piperidine rings is 1. The molecule has 0 aliphatic carbocycles. The third kappa shape index (κ3) is 1.85. The molecule has 0 saturated carbocycles. The van der Waals surface area contributed by atoms with Gasteiger partial charge in [0, 0.05) is 6.92 Å². The van der Waals surface area contributed by atoms with Gasteiger partial charge in [-0.25, -0.2) is 4.98 Å². The quantitative estimate of drug-likeness (QED) is 0.728. The molecule has 1 saturated heterocycles. The zero-order chi connectivity index (χ0) is 9.97. The number of carbonyl (C=O) groups is 1. The van der Waals surface area contributed by atoms with Crippen LogP contribution in [0.4, 0.5) is 0 Å². The normalized spacial score (nSPS) is 22.2. The Morgan fingerprint density at radius 3 is 3.07 bits per heavy atom. The van der Waals surface area contributed by atoms with Crippen LogP contribution in [0.25, 0.3) is 0 Å². The summed E-state index contributed by atoms with van der Waals surface area (Å²) in [5.74, 6) is 0.603. The number of aromatic nitrogens is 1. The molecule has 0 bridgehead atoms. The summed E-state index contributed by atoms with van der Waals surface area (Å²) in [4.78, 5) is 15.2. The lowest BCUT2D eigenvalue weighted by atomic mass is 10.1. The minimum atomic E-state index is -0.0455. The Morgan fingerprint density at radius 1 is 1.64 bits per heavy atom. The van der Waals surface area contributed by atoms with Gasteiger partial charge >= 0.3 is 0 Å². The van der Waals surface area contributed by atoms with Crippen molar-refractivity contribution in [1.29, 1.82) is 0 Å². The van der Waals surface area contributed by atoms with Crippen molar-refractivity contribution in [2.24, 2.45) is 0 Å². The number of Topliss-reactive ketones (excluding diaryl/α,β-unsaturated/α-hetero) is 1. The van der Waals surface area contributed by atoms with Gasteiger partial charge in [0.1, 0.15) is 12.0 Å². The van der Waals surface area contributed by atoms with E-state index in [1.54, 1.807) is 0 Å². The second-order valence-electron chi connectivity index (χ2n) is 3.63. The molecule has 0 radical (unpaired) electrons. The van der Waals surface area contributed by atoms with Crippen LogP contribution >= 0.6 is 0 Å². The molecule has 4 heteroatoms. The Hall–Kier alpha value is -1.16. The standard InChI is InChI=1S/C10H14N2O2/c1-7(13)9-6-14-10(12-9)8-4-2-3-5-11-8/h6,8,11H,2-5H2,1H3. The summed E-state index contributed by atoms with van der Waals surface area (Å²) in [7, 11) is 0. The van der Waals surface area contributed by atoms with Gasteiger partial charge in [-0.15, -0.1) is 0 Å². The maximum Gasteiger partial charge on any atom is 0.211 e. The number of hydrogen-bond donors (Lipinski definition) is 1. The zero-order valence-electron chi connectivity index (χ0n) is 8.25. The van der Waals surface area contributed by atoms with Crippen LogP contribution in [0.5, 0.6) is 0 Å². The summed E-state index contributed by atoms with van der Waals surface area (Å²) < 4.78 is 5.27. The van der Waals surface area contributed by atoms with Crippen molar-refractivity contribution in [2.75, 3.05) is 6.54 Å². The van der Waals surface area contributed by atoms with Gasteiger partial charge in [0.25, 0.3) is 0 Å². The van der Waals surface area contributed by atoms with Gasteiger partial charge in [0.05, 0.1) is 6.04 Å². The number of rotatable bonds is 2. The Kier molecular flexibility index (Phi) is 2.63. The molecule has 1 fully saturated rings. The highest BCUT2D eigenvalue weighted by molar-refractivity contribution is 5.91. The first-order valence-electron chi connectivity index (χ1n) is 4.97. The number of nitrogens with zero attached hydrogens (tertiary/aromatic N) is 1. The molecule has 1 aromatic heterocycles. The molecule has 1 aliphatic heterocycles. The van der Waals surface area contributed by atoms with E-state index in [0.717, 1.165) is 13.0 Å². The Bertz CT molecular complexity index is 327. The fourth-order valence-electron chi connectivity index (χ4n) is 1.67. The molecule has 4 nitrogen and oxygen atoms in total. The third-order valence-corrected chi connectivity index (χ3v) is 2.49. The van der Waals surface area contributed by atoms with Crippen LogP contribution < -0.4 is 5.32 Å². The van der Waals surface area contributed by atoms with Crippen LogP contribution in [0.1, 0.15) is 48.6 Å². The molecule has 1 aliphatic rings. The van der Waals surface area contributed by atoms with E-state index in [2.05, 4.69) is 10.3 Å². The molecule has 1 aromatic rings. The molecule has 14 heavy (non-hydrogen) atoms. The maximum atomic E-state index is 11.0. The first kappa shape index (κ1) is 9.40. The van der Waals surface area contributed by atoms with Crippen molar-refractivity contribution < 1.29 is 9.21 Å². The van der Waals surface area contributed by atoms with Crippen molar-refractivity contribution in [2.45, 2.75) is 32.2 Å². The molecular formula is C10H14N2O2. The van der Waals surface area contributed by atoms with Gasteiger partial charge < -0.3 is 9.73 Å². The second-order valence-corrected chi connectivity index (χ2v) is 3.63. The lowest BCUT2D eigenvalue weighted by molar-refractivity contribution is 0.101. The lowest BCUT2D eigenvalue weighted by Crippen LogP contribution is -2.27. The molecule has 1 atom stereocenters. The van der Waals surface area contributed by atoms with Crippen LogP contribution in [-0.4, -0.2) is 17.3 Å². The van der Waals surface area contributed by atoms with Crippen molar-refractivity contribution in [3.8, 4) is 0 Å². The minimum Gasteiger partial charge on any atom is -0.446 e. The van der Waals surface area contributed by atoms with Crippen molar-refractivity contribution >= 4 is 5.78 Å². The molecule has 0 spiro atoms. The number of oxazole rings is 1. The number of carbonyl (C=O) groups excluding carboxylic acids is 1. The van der Waals surface area contributed by atoms with Gasteiger partial charge in [0.15, 0.2) is 5.78 Å². The average molecular weight is 194 g/mol. The van der Waals surface area contributed by atoms with Gasteiger partial charge in [0.2, 0.25) is 5.89 Å². The van der Waals surface area contributed by atoms with Crippen molar-refractivity contribution in [3.63, 3.8) is 0 Å². The maximum absolute atomic E-state index is 11.0. The van der Waals surface area contributed by atoms with E-state index < -0.39 is 0 Å². The largest absolute Gasteiger partial charge is 0.446 e. The molecule has 2 heterocycles. The van der Waals surface area contributed by atoms with Crippen molar-refractivity contribution in [3.05, 3.63) is 17.8 Å². The topological polar surface area (TPSA) is 55.1 Å².